The SMILES string of the molecule is CC12CC(NC(=O)N1c1cccc(C(=O)NCCc3ccc(S(N)(=O)=O)cc3)c1)c1cc(Br)ccc1O2. The first kappa shape index (κ1) is 25.2. The van der Waals surface area contributed by atoms with Crippen molar-refractivity contribution < 1.29 is 22.7 Å². The maximum Gasteiger partial charge on any atom is 0.325 e. The van der Waals surface area contributed by atoms with Gasteiger partial charge in [0.2, 0.25) is 10.0 Å². The first-order chi connectivity index (χ1) is 17.5. The number of urea groups is 1. The summed E-state index contributed by atoms with van der Waals surface area (Å²) in [5.41, 5.74) is 1.81. The molecule has 2 bridgehead atoms. The van der Waals surface area contributed by atoms with Gasteiger partial charge in [-0.2, -0.15) is 0 Å². The van der Waals surface area contributed by atoms with Gasteiger partial charge < -0.3 is 15.4 Å². The van der Waals surface area contributed by atoms with Gasteiger partial charge in [0.15, 0.2) is 5.72 Å². The van der Waals surface area contributed by atoms with Crippen molar-refractivity contribution in [3.63, 3.8) is 0 Å². The first-order valence-corrected chi connectivity index (χ1v) is 14.0. The molecule has 2 unspecified atom stereocenters. The highest BCUT2D eigenvalue weighted by Crippen LogP contribution is 2.46. The number of fused-ring (bicyclic) bond motifs is 4. The maximum atomic E-state index is 13.2. The molecule has 5 rings (SSSR count). The van der Waals surface area contributed by atoms with Crippen molar-refractivity contribution in [2.75, 3.05) is 11.4 Å². The average Bonchev–Trinajstić information content (AvgIpc) is 2.84. The zero-order valence-electron chi connectivity index (χ0n) is 19.9. The molecule has 0 spiro atoms. The van der Waals surface area contributed by atoms with E-state index in [1.807, 2.05) is 25.1 Å². The molecule has 4 N–H and O–H groups in total. The molecular formula is C26H25BrN4O5S. The summed E-state index contributed by atoms with van der Waals surface area (Å²) < 4.78 is 30.0. The van der Waals surface area contributed by atoms with Gasteiger partial charge in [0.1, 0.15) is 5.75 Å². The number of benzene rings is 3. The van der Waals surface area contributed by atoms with Crippen LogP contribution in [0.15, 0.2) is 76.1 Å². The van der Waals surface area contributed by atoms with Crippen LogP contribution in [0.25, 0.3) is 0 Å². The van der Waals surface area contributed by atoms with E-state index in [1.54, 1.807) is 41.3 Å². The second kappa shape index (κ2) is 9.47. The van der Waals surface area contributed by atoms with Crippen LogP contribution < -0.4 is 25.4 Å². The Morgan fingerprint density at radius 1 is 1.19 bits per heavy atom. The summed E-state index contributed by atoms with van der Waals surface area (Å²) in [6, 6.07) is 18.3. The van der Waals surface area contributed by atoms with E-state index >= 15 is 0 Å². The molecule has 2 atom stereocenters. The fourth-order valence-corrected chi connectivity index (χ4v) is 5.68. The number of hydrogen-bond acceptors (Lipinski definition) is 5. The maximum absolute atomic E-state index is 13.2. The number of primary sulfonamides is 1. The number of nitrogens with zero attached hydrogens (tertiary/aromatic N) is 1. The third-order valence-electron chi connectivity index (χ3n) is 6.55. The van der Waals surface area contributed by atoms with E-state index in [1.165, 1.54) is 12.1 Å². The van der Waals surface area contributed by atoms with Gasteiger partial charge in [-0.15, -0.1) is 0 Å². The quantitative estimate of drug-likeness (QED) is 0.405. The first-order valence-electron chi connectivity index (χ1n) is 11.6. The molecule has 0 aliphatic carbocycles. The van der Waals surface area contributed by atoms with Crippen LogP contribution in [0.4, 0.5) is 10.5 Å². The summed E-state index contributed by atoms with van der Waals surface area (Å²) in [5.74, 6) is 0.418. The molecule has 37 heavy (non-hydrogen) atoms. The number of carbonyl (C=O) groups excluding carboxylic acids is 2. The number of anilines is 1. The lowest BCUT2D eigenvalue weighted by molar-refractivity contribution is 0.0378. The standard InChI is InChI=1S/C26H25BrN4O5S/c1-26-15-22(21-14-18(27)7-10-23(21)36-26)30-25(33)31(26)19-4-2-3-17(13-19)24(32)29-12-11-16-5-8-20(9-6-16)37(28,34)35/h2-10,13-14,22H,11-12,15H2,1H3,(H,29,32)(H,30,33)(H2,28,34,35). The van der Waals surface area contributed by atoms with Gasteiger partial charge in [-0.1, -0.05) is 34.1 Å². The molecule has 2 aliphatic heterocycles. The predicted octanol–water partition coefficient (Wildman–Crippen LogP) is 3.84. The van der Waals surface area contributed by atoms with Gasteiger partial charge in [-0.25, -0.2) is 18.4 Å². The van der Waals surface area contributed by atoms with Crippen molar-refractivity contribution in [1.29, 1.82) is 0 Å². The summed E-state index contributed by atoms with van der Waals surface area (Å²) in [6.07, 6.45) is 1.05. The third-order valence-corrected chi connectivity index (χ3v) is 7.97. The van der Waals surface area contributed by atoms with Gasteiger partial charge in [0.05, 0.1) is 16.6 Å². The van der Waals surface area contributed by atoms with Crippen molar-refractivity contribution in [3.8, 4) is 5.75 Å². The molecular weight excluding hydrogens is 560 g/mol. The van der Waals surface area contributed by atoms with E-state index in [4.69, 9.17) is 9.88 Å². The van der Waals surface area contributed by atoms with Gasteiger partial charge >= 0.3 is 6.03 Å². The van der Waals surface area contributed by atoms with Crippen LogP contribution in [0.2, 0.25) is 0 Å². The van der Waals surface area contributed by atoms with Crippen LogP contribution in [0, 0.1) is 0 Å². The van der Waals surface area contributed by atoms with E-state index in [2.05, 4.69) is 26.6 Å². The number of carbonyl (C=O) groups is 2. The van der Waals surface area contributed by atoms with Gasteiger partial charge in [-0.3, -0.25) is 9.69 Å². The largest absolute Gasteiger partial charge is 0.467 e. The van der Waals surface area contributed by atoms with E-state index in [0.717, 1.165) is 15.6 Å². The van der Waals surface area contributed by atoms with Crippen molar-refractivity contribution in [2.45, 2.75) is 36.4 Å². The Bertz CT molecular complexity index is 1500. The minimum atomic E-state index is -3.75. The number of halogens is 1. The summed E-state index contributed by atoms with van der Waals surface area (Å²) in [5, 5.41) is 11.1. The summed E-state index contributed by atoms with van der Waals surface area (Å²) in [7, 11) is -3.75. The molecule has 0 saturated carbocycles. The lowest BCUT2D eigenvalue weighted by Gasteiger charge is -2.50. The molecule has 1 saturated heterocycles. The molecule has 2 aliphatic rings. The van der Waals surface area contributed by atoms with Crippen molar-refractivity contribution in [3.05, 3.63) is 87.9 Å². The van der Waals surface area contributed by atoms with Crippen LogP contribution in [-0.2, 0) is 16.4 Å². The predicted molar refractivity (Wildman–Crippen MR) is 142 cm³/mol. The highest BCUT2D eigenvalue weighted by molar-refractivity contribution is 9.10. The van der Waals surface area contributed by atoms with E-state index in [0.29, 0.717) is 36.4 Å². The van der Waals surface area contributed by atoms with Crippen LogP contribution in [-0.4, -0.2) is 32.6 Å². The molecule has 3 aromatic rings. The van der Waals surface area contributed by atoms with E-state index in [9.17, 15) is 18.0 Å². The number of nitrogens with two attached hydrogens (primary N) is 1. The fourth-order valence-electron chi connectivity index (χ4n) is 4.79. The summed E-state index contributed by atoms with van der Waals surface area (Å²) in [4.78, 5) is 27.6. The zero-order valence-corrected chi connectivity index (χ0v) is 22.3. The Balaban J connectivity index is 1.29. The molecule has 3 aromatic carbocycles. The van der Waals surface area contributed by atoms with Gasteiger partial charge in [-0.05, 0) is 67.4 Å². The number of ether oxygens (including phenoxy) is 1. The van der Waals surface area contributed by atoms with Crippen LogP contribution in [0.1, 0.15) is 40.9 Å². The van der Waals surface area contributed by atoms with Crippen LogP contribution in [0.3, 0.4) is 0 Å². The summed E-state index contributed by atoms with van der Waals surface area (Å²) >= 11 is 3.48. The number of hydrogen-bond donors (Lipinski definition) is 3. The van der Waals surface area contributed by atoms with Crippen LogP contribution in [0.5, 0.6) is 5.75 Å². The fraction of sp³-hybridized carbons (Fsp3) is 0.231. The highest BCUT2D eigenvalue weighted by atomic mass is 79.9. The Morgan fingerprint density at radius 2 is 1.95 bits per heavy atom. The van der Waals surface area contributed by atoms with Gasteiger partial charge in [0.25, 0.3) is 5.91 Å². The van der Waals surface area contributed by atoms with Crippen molar-refractivity contribution >= 4 is 43.6 Å². The Morgan fingerprint density at radius 3 is 2.68 bits per heavy atom. The Hall–Kier alpha value is -3.41. The van der Waals surface area contributed by atoms with Crippen molar-refractivity contribution in [2.24, 2.45) is 5.14 Å². The average molecular weight is 585 g/mol. The number of sulfonamides is 1. The molecule has 2 heterocycles. The minimum absolute atomic E-state index is 0.0390. The second-order valence-corrected chi connectivity index (χ2v) is 11.7. The minimum Gasteiger partial charge on any atom is -0.467 e. The monoisotopic (exact) mass is 584 g/mol. The molecule has 11 heteroatoms. The smallest absolute Gasteiger partial charge is 0.325 e. The number of rotatable bonds is 6. The molecule has 0 radical (unpaired) electrons. The van der Waals surface area contributed by atoms with Crippen LogP contribution >= 0.6 is 15.9 Å². The molecule has 192 valence electrons. The topological polar surface area (TPSA) is 131 Å². The molecule has 3 amide bonds. The van der Waals surface area contributed by atoms with E-state index < -0.39 is 15.7 Å². The third kappa shape index (κ3) is 5.07. The number of nitrogens with one attached hydrogen (secondary N) is 2. The molecule has 0 aromatic heterocycles. The second-order valence-electron chi connectivity index (χ2n) is 9.25. The number of amides is 3. The highest BCUT2D eigenvalue weighted by Gasteiger charge is 2.49. The molecule has 9 nitrogen and oxygen atoms in total. The Labute approximate surface area is 223 Å². The molecule has 1 fully saturated rings. The summed E-state index contributed by atoms with van der Waals surface area (Å²) in [6.45, 7) is 2.22. The van der Waals surface area contributed by atoms with Crippen molar-refractivity contribution in [1.82, 2.24) is 10.6 Å². The van der Waals surface area contributed by atoms with E-state index in [-0.39, 0.29) is 22.9 Å². The Kier molecular flexibility index (Phi) is 6.47. The van der Waals surface area contributed by atoms with Gasteiger partial charge in [0, 0.05) is 28.6 Å². The lowest BCUT2D eigenvalue weighted by Crippen LogP contribution is -2.65. The lowest BCUT2D eigenvalue weighted by atomic mass is 9.90. The zero-order chi connectivity index (χ0) is 26.4. The normalized spacial score (nSPS) is 20.5.